The highest BCUT2D eigenvalue weighted by Gasteiger charge is 2.44. The first kappa shape index (κ1) is 19.5. The van der Waals surface area contributed by atoms with Crippen molar-refractivity contribution in [1.29, 1.82) is 0 Å². The molecule has 31 heavy (non-hydrogen) atoms. The van der Waals surface area contributed by atoms with Crippen molar-refractivity contribution < 1.29 is 14.2 Å². The Morgan fingerprint density at radius 1 is 0.871 bits per heavy atom. The van der Waals surface area contributed by atoms with Crippen LogP contribution in [0.3, 0.4) is 0 Å². The molecule has 2 aliphatic carbocycles. The first-order chi connectivity index (χ1) is 15.2. The Hall–Kier alpha value is -3.46. The molecule has 3 aromatic carbocycles. The van der Waals surface area contributed by atoms with Gasteiger partial charge in [-0.3, -0.25) is 0 Å². The number of rotatable bonds is 6. The second kappa shape index (κ2) is 7.66. The molecule has 1 spiro atoms. The third-order valence-corrected chi connectivity index (χ3v) is 6.50. The van der Waals surface area contributed by atoms with E-state index in [2.05, 4.69) is 61.2 Å². The maximum atomic E-state index is 5.67. The Morgan fingerprint density at radius 2 is 1.55 bits per heavy atom. The zero-order valence-electron chi connectivity index (χ0n) is 18.0. The number of aryl methyl sites for hydroxylation is 1. The number of ether oxygens (including phenoxy) is 3. The van der Waals surface area contributed by atoms with Crippen molar-refractivity contribution >= 4 is 5.57 Å². The van der Waals surface area contributed by atoms with Crippen molar-refractivity contribution in [2.45, 2.75) is 18.3 Å². The highest BCUT2D eigenvalue weighted by atomic mass is 16.5. The molecule has 5 rings (SSSR count). The van der Waals surface area contributed by atoms with Gasteiger partial charge in [0.15, 0.2) is 0 Å². The van der Waals surface area contributed by atoms with E-state index in [9.17, 15) is 0 Å². The van der Waals surface area contributed by atoms with E-state index < -0.39 is 0 Å². The molecule has 0 heterocycles. The Labute approximate surface area is 183 Å². The molecule has 2 aliphatic rings. The average Bonchev–Trinajstić information content (AvgIpc) is 3.36. The lowest BCUT2D eigenvalue weighted by Crippen LogP contribution is -2.19. The fraction of sp³-hybridized carbons (Fsp3) is 0.214. The van der Waals surface area contributed by atoms with Crippen LogP contribution < -0.4 is 14.2 Å². The molecular formula is C28H26O3. The molecule has 3 nitrogen and oxygen atoms in total. The van der Waals surface area contributed by atoms with Crippen LogP contribution in [-0.4, -0.2) is 20.8 Å². The van der Waals surface area contributed by atoms with Gasteiger partial charge in [0.25, 0.3) is 0 Å². The number of methoxy groups -OCH3 is 2. The first-order valence-corrected chi connectivity index (χ1v) is 10.6. The van der Waals surface area contributed by atoms with Crippen molar-refractivity contribution in [3.63, 3.8) is 0 Å². The highest BCUT2D eigenvalue weighted by Crippen LogP contribution is 2.54. The minimum Gasteiger partial charge on any atom is -0.497 e. The van der Waals surface area contributed by atoms with Crippen molar-refractivity contribution in [2.75, 3.05) is 20.8 Å². The second-order valence-corrected chi connectivity index (χ2v) is 8.09. The summed E-state index contributed by atoms with van der Waals surface area (Å²) in [5.74, 6) is 2.64. The lowest BCUT2D eigenvalue weighted by atomic mass is 9.77. The van der Waals surface area contributed by atoms with Crippen LogP contribution in [0.4, 0.5) is 0 Å². The lowest BCUT2D eigenvalue weighted by molar-refractivity contribution is 0.363. The Kier molecular flexibility index (Phi) is 4.82. The van der Waals surface area contributed by atoms with E-state index in [-0.39, 0.29) is 5.41 Å². The maximum absolute atomic E-state index is 5.67. The van der Waals surface area contributed by atoms with E-state index in [1.807, 2.05) is 12.1 Å². The SMILES string of the molecule is C=CCOc1ccc(C2=C[C@]3(CCc4cc(OC)ccc43)c3ccc(OC)cc32)cc1. The van der Waals surface area contributed by atoms with Crippen LogP contribution in [0.15, 0.2) is 79.4 Å². The van der Waals surface area contributed by atoms with Crippen LogP contribution in [0.1, 0.15) is 34.2 Å². The Morgan fingerprint density at radius 3 is 2.26 bits per heavy atom. The summed E-state index contributed by atoms with van der Waals surface area (Å²) >= 11 is 0. The predicted molar refractivity (Wildman–Crippen MR) is 124 cm³/mol. The fourth-order valence-electron chi connectivity index (χ4n) is 5.02. The molecule has 0 unspecified atom stereocenters. The van der Waals surface area contributed by atoms with E-state index >= 15 is 0 Å². The molecule has 0 saturated carbocycles. The second-order valence-electron chi connectivity index (χ2n) is 8.09. The number of hydrogen-bond acceptors (Lipinski definition) is 3. The van der Waals surface area contributed by atoms with Gasteiger partial charge in [0.05, 0.1) is 14.2 Å². The predicted octanol–water partition coefficient (Wildman–Crippen LogP) is 5.95. The van der Waals surface area contributed by atoms with E-state index in [4.69, 9.17) is 14.2 Å². The third-order valence-electron chi connectivity index (χ3n) is 6.50. The van der Waals surface area contributed by atoms with Crippen molar-refractivity contribution in [1.82, 2.24) is 0 Å². The number of hydrogen-bond donors (Lipinski definition) is 0. The van der Waals surface area contributed by atoms with E-state index in [0.29, 0.717) is 6.61 Å². The topological polar surface area (TPSA) is 27.7 Å². The summed E-state index contributed by atoms with van der Waals surface area (Å²) < 4.78 is 16.7. The van der Waals surface area contributed by atoms with Gasteiger partial charge in [-0.2, -0.15) is 0 Å². The van der Waals surface area contributed by atoms with Gasteiger partial charge < -0.3 is 14.2 Å². The summed E-state index contributed by atoms with van der Waals surface area (Å²) in [6.45, 7) is 4.22. The number of fused-ring (bicyclic) bond motifs is 4. The van der Waals surface area contributed by atoms with Gasteiger partial charge in [0, 0.05) is 5.41 Å². The summed E-state index contributed by atoms with van der Waals surface area (Å²) in [5, 5.41) is 0. The quantitative estimate of drug-likeness (QED) is 0.470. The highest BCUT2D eigenvalue weighted by molar-refractivity contribution is 5.89. The van der Waals surface area contributed by atoms with Crippen LogP contribution in [0, 0.1) is 0 Å². The monoisotopic (exact) mass is 410 g/mol. The summed E-state index contributed by atoms with van der Waals surface area (Å²) in [7, 11) is 3.45. The fourth-order valence-corrected chi connectivity index (χ4v) is 5.02. The summed E-state index contributed by atoms with van der Waals surface area (Å²) in [4.78, 5) is 0. The smallest absolute Gasteiger partial charge is 0.119 e. The molecule has 0 aromatic heterocycles. The molecule has 156 valence electrons. The van der Waals surface area contributed by atoms with Gasteiger partial charge in [-0.1, -0.05) is 43.0 Å². The van der Waals surface area contributed by atoms with Gasteiger partial charge in [-0.15, -0.1) is 0 Å². The van der Waals surface area contributed by atoms with E-state index in [0.717, 1.165) is 30.1 Å². The zero-order valence-corrected chi connectivity index (χ0v) is 18.0. The summed E-state index contributed by atoms with van der Waals surface area (Å²) in [6, 6.07) is 21.3. The summed E-state index contributed by atoms with van der Waals surface area (Å²) in [6.07, 6.45) is 6.30. The van der Waals surface area contributed by atoms with Crippen molar-refractivity contribution in [3.05, 3.63) is 107 Å². The maximum Gasteiger partial charge on any atom is 0.119 e. The zero-order chi connectivity index (χ0) is 21.4. The van der Waals surface area contributed by atoms with Crippen LogP contribution in [0.5, 0.6) is 17.2 Å². The summed E-state index contributed by atoms with van der Waals surface area (Å²) in [5.41, 5.74) is 7.64. The molecule has 0 radical (unpaired) electrons. The Bertz CT molecular complexity index is 1170. The van der Waals surface area contributed by atoms with Gasteiger partial charge >= 0.3 is 0 Å². The normalized spacial score (nSPS) is 18.3. The van der Waals surface area contributed by atoms with Crippen LogP contribution in [-0.2, 0) is 11.8 Å². The molecule has 0 N–H and O–H groups in total. The number of allylic oxidation sites excluding steroid dienone is 1. The molecule has 3 heteroatoms. The molecule has 0 amide bonds. The molecular weight excluding hydrogens is 384 g/mol. The molecule has 0 saturated heterocycles. The van der Waals surface area contributed by atoms with E-state index in [1.165, 1.54) is 33.4 Å². The van der Waals surface area contributed by atoms with E-state index in [1.54, 1.807) is 20.3 Å². The molecule has 1 atom stereocenters. The molecule has 0 bridgehead atoms. The minimum atomic E-state index is -0.115. The van der Waals surface area contributed by atoms with Crippen molar-refractivity contribution in [2.24, 2.45) is 0 Å². The van der Waals surface area contributed by atoms with Gasteiger partial charge in [0.1, 0.15) is 23.9 Å². The number of benzene rings is 3. The Balaban J connectivity index is 1.64. The minimum absolute atomic E-state index is 0.115. The standard InChI is InChI=1S/C28H26O3/c1-4-15-31-21-7-5-19(6-8-21)25-18-28(27-12-10-23(30-3)17-24(25)27)14-13-20-16-22(29-2)9-11-26(20)28/h4-12,16-18H,1,13-15H2,2-3H3/t28-/m0/s1. The molecule has 0 fully saturated rings. The lowest BCUT2D eigenvalue weighted by Gasteiger charge is -2.25. The van der Waals surface area contributed by atoms with Crippen LogP contribution in [0.25, 0.3) is 5.57 Å². The van der Waals surface area contributed by atoms with Gasteiger partial charge in [0.2, 0.25) is 0 Å². The molecule has 0 aliphatic heterocycles. The van der Waals surface area contributed by atoms with Gasteiger partial charge in [-0.25, -0.2) is 0 Å². The van der Waals surface area contributed by atoms with Crippen LogP contribution >= 0.6 is 0 Å². The molecule has 3 aromatic rings. The first-order valence-electron chi connectivity index (χ1n) is 10.6. The van der Waals surface area contributed by atoms with Crippen molar-refractivity contribution in [3.8, 4) is 17.2 Å². The van der Waals surface area contributed by atoms with Gasteiger partial charge in [-0.05, 0) is 82.6 Å². The average molecular weight is 411 g/mol. The largest absolute Gasteiger partial charge is 0.497 e. The van der Waals surface area contributed by atoms with Crippen LogP contribution in [0.2, 0.25) is 0 Å². The third kappa shape index (κ3) is 3.12.